The minimum absolute atomic E-state index is 0.271. The Balaban J connectivity index is 2.05. The SMILES string of the molecule is COc1cc2sc(=NC(=O)/C=C/c3cccs3)n(CCSC)c2cc1OC. The molecule has 0 saturated heterocycles. The molecule has 0 atom stereocenters. The van der Waals surface area contributed by atoms with Crippen LogP contribution in [-0.2, 0) is 11.3 Å². The minimum atomic E-state index is -0.271. The van der Waals surface area contributed by atoms with Crippen molar-refractivity contribution >= 4 is 56.6 Å². The highest BCUT2D eigenvalue weighted by atomic mass is 32.2. The number of rotatable bonds is 7. The summed E-state index contributed by atoms with van der Waals surface area (Å²) in [6, 6.07) is 7.79. The van der Waals surface area contributed by atoms with E-state index < -0.39 is 0 Å². The van der Waals surface area contributed by atoms with Gasteiger partial charge in [0.15, 0.2) is 16.3 Å². The maximum absolute atomic E-state index is 12.3. The fraction of sp³-hybridized carbons (Fsp3) is 0.263. The third-order valence-corrected chi connectivity index (χ3v) is 6.32. The topological polar surface area (TPSA) is 52.8 Å². The smallest absolute Gasteiger partial charge is 0.272 e. The summed E-state index contributed by atoms with van der Waals surface area (Å²) in [5.74, 6) is 1.98. The Labute approximate surface area is 170 Å². The van der Waals surface area contributed by atoms with E-state index in [0.29, 0.717) is 16.3 Å². The van der Waals surface area contributed by atoms with Crippen LogP contribution in [0.1, 0.15) is 4.88 Å². The predicted octanol–water partition coefficient (Wildman–Crippen LogP) is 4.29. The Kier molecular flexibility index (Phi) is 6.76. The lowest BCUT2D eigenvalue weighted by Gasteiger charge is -2.09. The van der Waals surface area contributed by atoms with Crippen LogP contribution in [0.25, 0.3) is 16.3 Å². The van der Waals surface area contributed by atoms with Crippen LogP contribution in [0.3, 0.4) is 0 Å². The number of carbonyl (C=O) groups is 1. The van der Waals surface area contributed by atoms with Gasteiger partial charge in [0.25, 0.3) is 5.91 Å². The largest absolute Gasteiger partial charge is 0.493 e. The number of hydrogen-bond donors (Lipinski definition) is 0. The van der Waals surface area contributed by atoms with E-state index >= 15 is 0 Å². The Hall–Kier alpha value is -2.03. The first-order valence-corrected chi connectivity index (χ1v) is 11.3. The molecule has 0 aliphatic carbocycles. The van der Waals surface area contributed by atoms with Crippen molar-refractivity contribution in [3.63, 3.8) is 0 Å². The molecular formula is C19H20N2O3S3. The van der Waals surface area contributed by atoms with E-state index in [4.69, 9.17) is 9.47 Å². The van der Waals surface area contributed by atoms with Crippen LogP contribution in [-0.4, -0.2) is 36.7 Å². The van der Waals surface area contributed by atoms with E-state index in [0.717, 1.165) is 27.4 Å². The van der Waals surface area contributed by atoms with Crippen molar-refractivity contribution in [2.75, 3.05) is 26.2 Å². The average Bonchev–Trinajstić information content (AvgIpc) is 3.31. The summed E-state index contributed by atoms with van der Waals surface area (Å²) in [5, 5.41) is 1.98. The first-order chi connectivity index (χ1) is 13.2. The molecule has 2 aromatic heterocycles. The van der Waals surface area contributed by atoms with Crippen LogP contribution in [0.15, 0.2) is 40.7 Å². The number of aromatic nitrogens is 1. The highest BCUT2D eigenvalue weighted by Gasteiger charge is 2.13. The molecule has 8 heteroatoms. The maximum atomic E-state index is 12.3. The summed E-state index contributed by atoms with van der Waals surface area (Å²) < 4.78 is 13.9. The monoisotopic (exact) mass is 420 g/mol. The number of carbonyl (C=O) groups excluding carboxylic acids is 1. The van der Waals surface area contributed by atoms with Crippen molar-refractivity contribution < 1.29 is 14.3 Å². The van der Waals surface area contributed by atoms with Crippen LogP contribution in [0.5, 0.6) is 11.5 Å². The molecule has 0 saturated carbocycles. The number of aryl methyl sites for hydroxylation is 1. The van der Waals surface area contributed by atoms with E-state index in [9.17, 15) is 4.79 Å². The molecule has 0 aliphatic heterocycles. The lowest BCUT2D eigenvalue weighted by Crippen LogP contribution is -2.17. The molecule has 0 unspecified atom stereocenters. The Morgan fingerprint density at radius 3 is 2.74 bits per heavy atom. The van der Waals surface area contributed by atoms with Gasteiger partial charge in [-0.3, -0.25) is 4.79 Å². The second-order valence-corrected chi connectivity index (χ2v) is 8.48. The predicted molar refractivity (Wildman–Crippen MR) is 115 cm³/mol. The summed E-state index contributed by atoms with van der Waals surface area (Å²) in [6.07, 6.45) is 5.36. The standard InChI is InChI=1S/C19H20N2O3S3/c1-23-15-11-14-17(12-16(15)24-2)27-19(21(14)8-10-25-3)20-18(22)7-6-13-5-4-9-26-13/h4-7,9,11-12H,8,10H2,1-3H3/b7-6+,20-19?. The van der Waals surface area contributed by atoms with Crippen LogP contribution in [0.4, 0.5) is 0 Å². The summed E-state index contributed by atoms with van der Waals surface area (Å²) in [7, 11) is 3.23. The lowest BCUT2D eigenvalue weighted by atomic mass is 10.3. The molecule has 142 valence electrons. The van der Waals surface area contributed by atoms with Crippen molar-refractivity contribution in [2.24, 2.45) is 4.99 Å². The number of nitrogens with zero attached hydrogens (tertiary/aromatic N) is 2. The summed E-state index contributed by atoms with van der Waals surface area (Å²) in [5.41, 5.74) is 0.987. The quantitative estimate of drug-likeness (QED) is 0.535. The van der Waals surface area contributed by atoms with Crippen LogP contribution < -0.4 is 14.3 Å². The van der Waals surface area contributed by atoms with Crippen molar-refractivity contribution in [3.8, 4) is 11.5 Å². The van der Waals surface area contributed by atoms with Gasteiger partial charge in [0, 0.05) is 35.4 Å². The number of benzene rings is 1. The molecule has 2 heterocycles. The van der Waals surface area contributed by atoms with Crippen LogP contribution >= 0.6 is 34.4 Å². The molecule has 0 N–H and O–H groups in total. The Bertz CT molecular complexity index is 1020. The lowest BCUT2D eigenvalue weighted by molar-refractivity contribution is -0.113. The van der Waals surface area contributed by atoms with E-state index in [1.54, 1.807) is 43.4 Å². The van der Waals surface area contributed by atoms with E-state index in [1.807, 2.05) is 29.6 Å². The van der Waals surface area contributed by atoms with E-state index in [1.165, 1.54) is 17.4 Å². The number of ether oxygens (including phenoxy) is 2. The third kappa shape index (κ3) is 4.63. The van der Waals surface area contributed by atoms with Gasteiger partial charge < -0.3 is 14.0 Å². The maximum Gasteiger partial charge on any atom is 0.272 e. The molecule has 0 spiro atoms. The highest BCUT2D eigenvalue weighted by Crippen LogP contribution is 2.33. The summed E-state index contributed by atoms with van der Waals surface area (Å²) >= 11 is 4.81. The van der Waals surface area contributed by atoms with Gasteiger partial charge in [0.05, 0.1) is 24.4 Å². The second-order valence-electron chi connectivity index (χ2n) is 5.50. The fourth-order valence-corrected chi connectivity index (χ4v) is 4.61. The van der Waals surface area contributed by atoms with Gasteiger partial charge in [-0.05, 0) is 23.8 Å². The molecule has 5 nitrogen and oxygen atoms in total. The number of amides is 1. The molecule has 0 aliphatic rings. The van der Waals surface area contributed by atoms with Gasteiger partial charge >= 0.3 is 0 Å². The number of thiophene rings is 1. The number of thioether (sulfide) groups is 1. The molecule has 3 aromatic rings. The van der Waals surface area contributed by atoms with Crippen LogP contribution in [0, 0.1) is 0 Å². The van der Waals surface area contributed by atoms with Gasteiger partial charge in [-0.25, -0.2) is 0 Å². The van der Waals surface area contributed by atoms with Crippen molar-refractivity contribution in [1.29, 1.82) is 0 Å². The molecular weight excluding hydrogens is 400 g/mol. The summed E-state index contributed by atoms with van der Waals surface area (Å²) in [6.45, 7) is 0.761. The number of methoxy groups -OCH3 is 2. The minimum Gasteiger partial charge on any atom is -0.493 e. The van der Waals surface area contributed by atoms with E-state index in [-0.39, 0.29) is 5.91 Å². The zero-order valence-corrected chi connectivity index (χ0v) is 17.7. The van der Waals surface area contributed by atoms with Crippen molar-refractivity contribution in [2.45, 2.75) is 6.54 Å². The van der Waals surface area contributed by atoms with Gasteiger partial charge in [0.2, 0.25) is 0 Å². The second kappa shape index (κ2) is 9.25. The molecule has 1 aromatic carbocycles. The number of thiazole rings is 1. The van der Waals surface area contributed by atoms with Crippen molar-refractivity contribution in [1.82, 2.24) is 4.57 Å². The van der Waals surface area contributed by atoms with Crippen molar-refractivity contribution in [3.05, 3.63) is 45.4 Å². The van der Waals surface area contributed by atoms with Gasteiger partial charge in [-0.2, -0.15) is 16.8 Å². The Morgan fingerprint density at radius 2 is 2.07 bits per heavy atom. The normalized spacial score (nSPS) is 12.2. The zero-order valence-electron chi connectivity index (χ0n) is 15.3. The third-order valence-electron chi connectivity index (χ3n) is 3.85. The zero-order chi connectivity index (χ0) is 19.2. The highest BCUT2D eigenvalue weighted by molar-refractivity contribution is 7.98. The first kappa shape index (κ1) is 19.7. The van der Waals surface area contributed by atoms with Crippen LogP contribution in [0.2, 0.25) is 0 Å². The first-order valence-electron chi connectivity index (χ1n) is 8.21. The molecule has 0 fully saturated rings. The fourth-order valence-electron chi connectivity index (χ4n) is 2.55. The number of fused-ring (bicyclic) bond motifs is 1. The molecule has 3 rings (SSSR count). The van der Waals surface area contributed by atoms with E-state index in [2.05, 4.69) is 15.8 Å². The number of hydrogen-bond acceptors (Lipinski definition) is 6. The average molecular weight is 421 g/mol. The summed E-state index contributed by atoms with van der Waals surface area (Å²) in [4.78, 5) is 18.4. The molecule has 0 radical (unpaired) electrons. The van der Waals surface area contributed by atoms with Gasteiger partial charge in [0.1, 0.15) is 0 Å². The van der Waals surface area contributed by atoms with Gasteiger partial charge in [-0.1, -0.05) is 17.4 Å². The molecule has 0 bridgehead atoms. The Morgan fingerprint density at radius 1 is 1.30 bits per heavy atom. The molecule has 27 heavy (non-hydrogen) atoms. The molecule has 1 amide bonds. The van der Waals surface area contributed by atoms with Gasteiger partial charge in [-0.15, -0.1) is 11.3 Å².